The number of carbonyl (C=O) groups is 1. The van der Waals surface area contributed by atoms with Crippen LogP contribution in [0.4, 0.5) is 10.7 Å². The summed E-state index contributed by atoms with van der Waals surface area (Å²) >= 11 is 1.55. The zero-order chi connectivity index (χ0) is 18.6. The Morgan fingerprint density at radius 1 is 1.04 bits per heavy atom. The Kier molecular flexibility index (Phi) is 5.23. The molecule has 0 spiro atoms. The van der Waals surface area contributed by atoms with E-state index in [0.29, 0.717) is 0 Å². The van der Waals surface area contributed by atoms with Crippen molar-refractivity contribution >= 4 is 27.9 Å². The van der Waals surface area contributed by atoms with Crippen molar-refractivity contribution in [2.45, 2.75) is 6.92 Å². The highest BCUT2D eigenvalue weighted by Crippen LogP contribution is 2.39. The maximum atomic E-state index is 12.9. The van der Waals surface area contributed by atoms with E-state index in [9.17, 15) is 4.79 Å². The molecule has 1 aliphatic rings. The van der Waals surface area contributed by atoms with Crippen molar-refractivity contribution in [1.29, 1.82) is 0 Å². The van der Waals surface area contributed by atoms with Crippen molar-refractivity contribution in [3.63, 3.8) is 0 Å². The van der Waals surface area contributed by atoms with Crippen LogP contribution in [-0.2, 0) is 4.74 Å². The number of rotatable bonds is 4. The van der Waals surface area contributed by atoms with Crippen LogP contribution in [-0.4, -0.2) is 32.2 Å². The van der Waals surface area contributed by atoms with E-state index in [2.05, 4.69) is 22.3 Å². The Morgan fingerprint density at radius 3 is 2.56 bits per heavy atom. The number of thiophene rings is 1. The number of ether oxygens (including phenoxy) is 1. The predicted molar refractivity (Wildman–Crippen MR) is 112 cm³/mol. The molecule has 1 aromatic heterocycles. The molecule has 4 nitrogen and oxygen atoms in total. The van der Waals surface area contributed by atoms with Gasteiger partial charge in [0, 0.05) is 24.3 Å². The number of nitrogens with one attached hydrogen (secondary N) is 1. The zero-order valence-electron chi connectivity index (χ0n) is 15.3. The fourth-order valence-corrected chi connectivity index (χ4v) is 4.36. The summed E-state index contributed by atoms with van der Waals surface area (Å²) in [6.45, 7) is 5.15. The summed E-state index contributed by atoms with van der Waals surface area (Å²) in [6, 6.07) is 20.1. The fourth-order valence-electron chi connectivity index (χ4n) is 3.23. The highest BCUT2D eigenvalue weighted by Gasteiger charge is 2.22. The molecule has 1 aliphatic heterocycles. The minimum Gasteiger partial charge on any atom is -0.378 e. The number of carbonyl (C=O) groups excluding carboxylic acids is 1. The summed E-state index contributed by atoms with van der Waals surface area (Å²) in [6.07, 6.45) is 0. The lowest BCUT2D eigenvalue weighted by atomic mass is 10.1. The van der Waals surface area contributed by atoms with E-state index in [0.717, 1.165) is 58.6 Å². The molecule has 3 aromatic rings. The molecule has 2 aromatic carbocycles. The topological polar surface area (TPSA) is 41.6 Å². The van der Waals surface area contributed by atoms with Crippen LogP contribution in [0.2, 0.25) is 0 Å². The highest BCUT2D eigenvalue weighted by molar-refractivity contribution is 7.18. The quantitative estimate of drug-likeness (QED) is 0.708. The van der Waals surface area contributed by atoms with Gasteiger partial charge in [0.05, 0.1) is 23.1 Å². The molecule has 1 saturated heterocycles. The van der Waals surface area contributed by atoms with E-state index >= 15 is 0 Å². The molecule has 138 valence electrons. The number of nitrogens with zero attached hydrogens (tertiary/aromatic N) is 1. The number of anilines is 2. The molecule has 1 amide bonds. The summed E-state index contributed by atoms with van der Waals surface area (Å²) in [4.78, 5) is 15.9. The second-order valence-electron chi connectivity index (χ2n) is 6.62. The SMILES string of the molecule is Cc1cccc(NC(=O)c2cc(-c3ccccc3)c(N3CCOCC3)s2)c1. The molecule has 5 heteroatoms. The maximum absolute atomic E-state index is 12.9. The van der Waals surface area contributed by atoms with Crippen LogP contribution in [0.3, 0.4) is 0 Å². The third-order valence-corrected chi connectivity index (χ3v) is 5.79. The normalized spacial score (nSPS) is 14.2. The number of amides is 1. The maximum Gasteiger partial charge on any atom is 0.265 e. The third-order valence-electron chi connectivity index (χ3n) is 4.60. The van der Waals surface area contributed by atoms with Gasteiger partial charge in [0.25, 0.3) is 5.91 Å². The van der Waals surface area contributed by atoms with Gasteiger partial charge in [0.1, 0.15) is 0 Å². The molecule has 27 heavy (non-hydrogen) atoms. The first-order chi connectivity index (χ1) is 13.2. The third kappa shape index (κ3) is 4.04. The zero-order valence-corrected chi connectivity index (χ0v) is 16.1. The largest absolute Gasteiger partial charge is 0.378 e. The molecular formula is C22H22N2O2S. The van der Waals surface area contributed by atoms with Gasteiger partial charge < -0.3 is 15.0 Å². The summed E-state index contributed by atoms with van der Waals surface area (Å²) < 4.78 is 5.49. The van der Waals surface area contributed by atoms with Gasteiger partial charge in [-0.3, -0.25) is 4.79 Å². The molecule has 1 fully saturated rings. The first-order valence-electron chi connectivity index (χ1n) is 9.11. The minimum atomic E-state index is -0.0673. The van der Waals surface area contributed by atoms with Gasteiger partial charge in [-0.1, -0.05) is 42.5 Å². The van der Waals surface area contributed by atoms with Crippen LogP contribution in [0.1, 0.15) is 15.2 Å². The van der Waals surface area contributed by atoms with Gasteiger partial charge in [-0.05, 0) is 36.2 Å². The van der Waals surface area contributed by atoms with Crippen molar-refractivity contribution in [3.8, 4) is 11.1 Å². The number of benzene rings is 2. The van der Waals surface area contributed by atoms with E-state index < -0.39 is 0 Å². The van der Waals surface area contributed by atoms with Crippen LogP contribution < -0.4 is 10.2 Å². The molecule has 0 radical (unpaired) electrons. The van der Waals surface area contributed by atoms with E-state index in [1.54, 1.807) is 11.3 Å². The lowest BCUT2D eigenvalue weighted by Gasteiger charge is -2.28. The lowest BCUT2D eigenvalue weighted by molar-refractivity contribution is 0.103. The molecule has 0 unspecified atom stereocenters. The summed E-state index contributed by atoms with van der Waals surface area (Å²) in [5.74, 6) is -0.0673. The smallest absolute Gasteiger partial charge is 0.265 e. The highest BCUT2D eigenvalue weighted by atomic mass is 32.1. The van der Waals surface area contributed by atoms with Gasteiger partial charge in [0.2, 0.25) is 0 Å². The molecular weight excluding hydrogens is 356 g/mol. The number of hydrogen-bond donors (Lipinski definition) is 1. The summed E-state index contributed by atoms with van der Waals surface area (Å²) in [5, 5.41) is 4.16. The van der Waals surface area contributed by atoms with Gasteiger partial charge >= 0.3 is 0 Å². The Bertz CT molecular complexity index is 930. The van der Waals surface area contributed by atoms with Crippen molar-refractivity contribution in [1.82, 2.24) is 0 Å². The fraction of sp³-hybridized carbons (Fsp3) is 0.227. The van der Waals surface area contributed by atoms with E-state index in [1.807, 2.05) is 55.5 Å². The van der Waals surface area contributed by atoms with E-state index in [1.165, 1.54) is 0 Å². The first-order valence-corrected chi connectivity index (χ1v) is 9.92. The first kappa shape index (κ1) is 17.8. The summed E-state index contributed by atoms with van der Waals surface area (Å²) in [7, 11) is 0. The number of hydrogen-bond acceptors (Lipinski definition) is 4. The van der Waals surface area contributed by atoms with Crippen LogP contribution in [0, 0.1) is 6.92 Å². The van der Waals surface area contributed by atoms with Crippen molar-refractivity contribution in [3.05, 3.63) is 71.1 Å². The average Bonchev–Trinajstić information content (AvgIpc) is 3.15. The molecule has 0 atom stereocenters. The number of morpholine rings is 1. The Morgan fingerprint density at radius 2 is 1.81 bits per heavy atom. The van der Waals surface area contributed by atoms with Crippen LogP contribution in [0.15, 0.2) is 60.7 Å². The molecule has 1 N–H and O–H groups in total. The van der Waals surface area contributed by atoms with Gasteiger partial charge in [-0.25, -0.2) is 0 Å². The standard InChI is InChI=1S/C22H22N2O2S/c1-16-6-5-9-18(14-16)23-21(25)20-15-19(17-7-3-2-4-8-17)22(27-20)24-10-12-26-13-11-24/h2-9,14-15H,10-13H2,1H3,(H,23,25). The Hall–Kier alpha value is -2.63. The minimum absolute atomic E-state index is 0.0673. The predicted octanol–water partition coefficient (Wildman–Crippen LogP) is 4.81. The van der Waals surface area contributed by atoms with E-state index in [4.69, 9.17) is 4.74 Å². The van der Waals surface area contributed by atoms with Gasteiger partial charge in [-0.15, -0.1) is 11.3 Å². The van der Waals surface area contributed by atoms with Crippen LogP contribution in [0.5, 0.6) is 0 Å². The molecule has 4 rings (SSSR count). The Balaban J connectivity index is 1.67. The molecule has 0 bridgehead atoms. The van der Waals surface area contributed by atoms with Crippen LogP contribution in [0.25, 0.3) is 11.1 Å². The molecule has 0 saturated carbocycles. The summed E-state index contributed by atoms with van der Waals surface area (Å²) in [5.41, 5.74) is 4.18. The second kappa shape index (κ2) is 7.94. The van der Waals surface area contributed by atoms with Crippen molar-refractivity contribution < 1.29 is 9.53 Å². The van der Waals surface area contributed by atoms with Crippen molar-refractivity contribution in [2.75, 3.05) is 36.5 Å². The van der Waals surface area contributed by atoms with Gasteiger partial charge in [-0.2, -0.15) is 0 Å². The van der Waals surface area contributed by atoms with Crippen molar-refractivity contribution in [2.24, 2.45) is 0 Å². The number of aryl methyl sites for hydroxylation is 1. The molecule has 0 aliphatic carbocycles. The lowest BCUT2D eigenvalue weighted by Crippen LogP contribution is -2.35. The Labute approximate surface area is 163 Å². The molecule has 2 heterocycles. The average molecular weight is 378 g/mol. The second-order valence-corrected chi connectivity index (χ2v) is 7.65. The monoisotopic (exact) mass is 378 g/mol. The van der Waals surface area contributed by atoms with Gasteiger partial charge in [0.15, 0.2) is 0 Å². The van der Waals surface area contributed by atoms with E-state index in [-0.39, 0.29) is 5.91 Å². The van der Waals surface area contributed by atoms with Crippen LogP contribution >= 0.6 is 11.3 Å².